The number of ether oxygens (including phenoxy) is 3. The lowest BCUT2D eigenvalue weighted by Crippen LogP contribution is -2.32. The van der Waals surface area contributed by atoms with E-state index in [2.05, 4.69) is 4.98 Å². The van der Waals surface area contributed by atoms with Crippen molar-refractivity contribution in [2.24, 2.45) is 0 Å². The zero-order valence-electron chi connectivity index (χ0n) is 20.5. The first-order valence-corrected chi connectivity index (χ1v) is 11.3. The maximum Gasteiger partial charge on any atom is 0.354 e. The number of nitrogens with one attached hydrogen (secondary N) is 1. The summed E-state index contributed by atoms with van der Waals surface area (Å²) in [6.07, 6.45) is 1.40. The molecule has 0 aliphatic rings. The van der Waals surface area contributed by atoms with E-state index in [1.54, 1.807) is 4.90 Å². The van der Waals surface area contributed by atoms with Crippen molar-refractivity contribution in [3.05, 3.63) is 99.6 Å². The minimum Gasteiger partial charge on any atom is -0.466 e. The Kier molecular flexibility index (Phi) is 9.53. The molecule has 0 atom stereocenters. The smallest absolute Gasteiger partial charge is 0.354 e. The summed E-state index contributed by atoms with van der Waals surface area (Å²) < 4.78 is 14.9. The lowest BCUT2D eigenvalue weighted by Gasteiger charge is -2.26. The highest BCUT2D eigenvalue weighted by Crippen LogP contribution is 2.18. The first-order chi connectivity index (χ1) is 17.5. The maximum absolute atomic E-state index is 12.9. The average molecular weight is 492 g/mol. The van der Waals surface area contributed by atoms with Gasteiger partial charge in [0, 0.05) is 32.2 Å². The van der Waals surface area contributed by atoms with Gasteiger partial charge in [0.15, 0.2) is 0 Å². The van der Waals surface area contributed by atoms with Gasteiger partial charge >= 0.3 is 11.9 Å². The standard InChI is InChI=1S/C27H29N3O6/c1-34-18-21-22(28-25(29-26(21)32)20-12-8-5-9-13-20)14-15-30(17-19-10-6-4-7-11-19)23(27(33)36-3)16-24(31)35-2/h4-13,16H,14-15,17-18H2,1-3H3,(H,28,29,32)/b23-16-. The summed E-state index contributed by atoms with van der Waals surface area (Å²) in [5, 5.41) is 0. The van der Waals surface area contributed by atoms with E-state index in [0.29, 0.717) is 30.0 Å². The highest BCUT2D eigenvalue weighted by molar-refractivity contribution is 5.95. The Bertz CT molecular complexity index is 1260. The largest absolute Gasteiger partial charge is 0.466 e. The van der Waals surface area contributed by atoms with E-state index in [4.69, 9.17) is 19.2 Å². The van der Waals surface area contributed by atoms with Gasteiger partial charge in [-0.3, -0.25) is 4.79 Å². The third-order valence-electron chi connectivity index (χ3n) is 5.46. The number of H-pyrrole nitrogens is 1. The van der Waals surface area contributed by atoms with Crippen molar-refractivity contribution in [1.82, 2.24) is 14.9 Å². The van der Waals surface area contributed by atoms with Gasteiger partial charge in [-0.05, 0) is 5.56 Å². The first-order valence-electron chi connectivity index (χ1n) is 11.3. The van der Waals surface area contributed by atoms with Crippen molar-refractivity contribution >= 4 is 11.9 Å². The third-order valence-corrected chi connectivity index (χ3v) is 5.46. The number of hydrogen-bond acceptors (Lipinski definition) is 8. The van der Waals surface area contributed by atoms with Gasteiger partial charge in [0.05, 0.1) is 38.2 Å². The molecule has 1 N–H and O–H groups in total. The Balaban J connectivity index is 2.01. The lowest BCUT2D eigenvalue weighted by molar-refractivity contribution is -0.140. The number of benzene rings is 2. The van der Waals surface area contributed by atoms with E-state index < -0.39 is 11.9 Å². The second kappa shape index (κ2) is 13.0. The molecular weight excluding hydrogens is 462 g/mol. The Hall–Kier alpha value is -4.24. The zero-order chi connectivity index (χ0) is 25.9. The molecule has 2 aromatic carbocycles. The zero-order valence-corrected chi connectivity index (χ0v) is 20.5. The molecule has 0 saturated heterocycles. The van der Waals surface area contributed by atoms with E-state index >= 15 is 0 Å². The molecule has 0 saturated carbocycles. The van der Waals surface area contributed by atoms with Crippen LogP contribution in [-0.2, 0) is 43.4 Å². The normalized spacial score (nSPS) is 11.1. The van der Waals surface area contributed by atoms with Crippen LogP contribution in [0.15, 0.2) is 77.2 Å². The number of carbonyl (C=O) groups is 2. The number of aromatic nitrogens is 2. The highest BCUT2D eigenvalue weighted by Gasteiger charge is 2.22. The van der Waals surface area contributed by atoms with Gasteiger partial charge in [-0.2, -0.15) is 0 Å². The number of carbonyl (C=O) groups excluding carboxylic acids is 2. The quantitative estimate of drug-likeness (QED) is 0.322. The molecule has 0 aliphatic heterocycles. The summed E-state index contributed by atoms with van der Waals surface area (Å²) in [6, 6.07) is 18.8. The first kappa shape index (κ1) is 26.4. The molecule has 9 heteroatoms. The molecule has 1 heterocycles. The van der Waals surface area contributed by atoms with Crippen LogP contribution in [0.4, 0.5) is 0 Å². The fraction of sp³-hybridized carbons (Fsp3) is 0.259. The number of nitrogens with zero attached hydrogens (tertiary/aromatic N) is 2. The van der Waals surface area contributed by atoms with Crippen LogP contribution in [-0.4, -0.2) is 54.7 Å². The average Bonchev–Trinajstić information content (AvgIpc) is 2.91. The van der Waals surface area contributed by atoms with Crippen LogP contribution in [0.1, 0.15) is 16.8 Å². The molecule has 0 amide bonds. The topological polar surface area (TPSA) is 111 Å². The van der Waals surface area contributed by atoms with Crippen molar-refractivity contribution in [2.75, 3.05) is 27.9 Å². The van der Waals surface area contributed by atoms with E-state index in [1.807, 2.05) is 60.7 Å². The molecule has 36 heavy (non-hydrogen) atoms. The van der Waals surface area contributed by atoms with E-state index in [-0.39, 0.29) is 24.4 Å². The van der Waals surface area contributed by atoms with Gasteiger partial charge in [-0.25, -0.2) is 14.6 Å². The van der Waals surface area contributed by atoms with Crippen LogP contribution < -0.4 is 5.56 Å². The summed E-state index contributed by atoms with van der Waals surface area (Å²) in [5.74, 6) is -0.935. The fourth-order valence-electron chi connectivity index (χ4n) is 3.66. The van der Waals surface area contributed by atoms with Crippen molar-refractivity contribution in [3.8, 4) is 11.4 Å². The van der Waals surface area contributed by atoms with Gasteiger partial charge in [-0.1, -0.05) is 60.7 Å². The summed E-state index contributed by atoms with van der Waals surface area (Å²) >= 11 is 0. The number of aromatic amines is 1. The molecule has 0 bridgehead atoms. The van der Waals surface area contributed by atoms with Crippen molar-refractivity contribution in [1.29, 1.82) is 0 Å². The monoisotopic (exact) mass is 491 g/mol. The van der Waals surface area contributed by atoms with Gasteiger partial charge in [0.1, 0.15) is 11.5 Å². The lowest BCUT2D eigenvalue weighted by atomic mass is 10.1. The van der Waals surface area contributed by atoms with Crippen LogP contribution in [0.2, 0.25) is 0 Å². The van der Waals surface area contributed by atoms with Crippen LogP contribution in [0, 0.1) is 0 Å². The summed E-state index contributed by atoms with van der Waals surface area (Å²) in [7, 11) is 3.98. The number of methoxy groups -OCH3 is 3. The molecule has 0 unspecified atom stereocenters. The van der Waals surface area contributed by atoms with Gasteiger partial charge in [0.25, 0.3) is 5.56 Å². The Morgan fingerprint density at radius 3 is 2.25 bits per heavy atom. The Morgan fingerprint density at radius 1 is 0.972 bits per heavy atom. The molecule has 0 aliphatic carbocycles. The fourth-order valence-corrected chi connectivity index (χ4v) is 3.66. The summed E-state index contributed by atoms with van der Waals surface area (Å²) in [5.41, 5.74) is 2.34. The molecule has 0 radical (unpaired) electrons. The van der Waals surface area contributed by atoms with Crippen LogP contribution >= 0.6 is 0 Å². The van der Waals surface area contributed by atoms with E-state index in [1.165, 1.54) is 21.3 Å². The molecule has 0 spiro atoms. The van der Waals surface area contributed by atoms with Crippen LogP contribution in [0.5, 0.6) is 0 Å². The van der Waals surface area contributed by atoms with Crippen molar-refractivity contribution in [3.63, 3.8) is 0 Å². The maximum atomic E-state index is 12.9. The molecule has 188 valence electrons. The highest BCUT2D eigenvalue weighted by atomic mass is 16.5. The minimum absolute atomic E-state index is 0.0367. The molecular formula is C27H29N3O6. The van der Waals surface area contributed by atoms with E-state index in [9.17, 15) is 14.4 Å². The van der Waals surface area contributed by atoms with Gasteiger partial charge < -0.3 is 24.1 Å². The third kappa shape index (κ3) is 6.89. The van der Waals surface area contributed by atoms with Crippen molar-refractivity contribution < 1.29 is 23.8 Å². The summed E-state index contributed by atoms with van der Waals surface area (Å²) in [4.78, 5) is 46.8. The summed E-state index contributed by atoms with van der Waals surface area (Å²) in [6.45, 7) is 0.647. The van der Waals surface area contributed by atoms with Crippen LogP contribution in [0.25, 0.3) is 11.4 Å². The Morgan fingerprint density at radius 2 is 1.64 bits per heavy atom. The Labute approximate surface area is 209 Å². The predicted molar refractivity (Wildman–Crippen MR) is 134 cm³/mol. The molecule has 3 rings (SSSR count). The van der Waals surface area contributed by atoms with Gasteiger partial charge in [-0.15, -0.1) is 0 Å². The van der Waals surface area contributed by atoms with Crippen molar-refractivity contribution in [2.45, 2.75) is 19.6 Å². The van der Waals surface area contributed by atoms with Gasteiger partial charge in [0.2, 0.25) is 0 Å². The van der Waals surface area contributed by atoms with Crippen LogP contribution in [0.3, 0.4) is 0 Å². The SMILES string of the molecule is COCc1c(CCN(Cc2ccccc2)/C(=C\C(=O)OC)C(=O)OC)nc(-c2ccccc2)[nH]c1=O. The number of hydrogen-bond donors (Lipinski definition) is 1. The minimum atomic E-state index is -0.686. The molecule has 1 aromatic heterocycles. The molecule has 3 aromatic rings. The molecule has 0 fully saturated rings. The van der Waals surface area contributed by atoms with E-state index in [0.717, 1.165) is 17.2 Å². The number of rotatable bonds is 11. The second-order valence-electron chi connectivity index (χ2n) is 7.84. The number of esters is 2. The second-order valence-corrected chi connectivity index (χ2v) is 7.84. The predicted octanol–water partition coefficient (Wildman–Crippen LogP) is 2.86. The molecule has 9 nitrogen and oxygen atoms in total.